The molecule has 0 radical (unpaired) electrons. The summed E-state index contributed by atoms with van der Waals surface area (Å²) in [7, 11) is -3.47. The minimum atomic E-state index is -3.47. The Hall–Kier alpha value is -1.82. The van der Waals surface area contributed by atoms with Crippen LogP contribution in [0.5, 0.6) is 0 Å². The molecule has 0 spiro atoms. The first kappa shape index (κ1) is 19.9. The van der Waals surface area contributed by atoms with Crippen molar-refractivity contribution in [2.45, 2.75) is 56.5 Å². The maximum atomic E-state index is 12.6. The van der Waals surface area contributed by atoms with E-state index < -0.39 is 33.6 Å². The van der Waals surface area contributed by atoms with Crippen LogP contribution >= 0.6 is 0 Å². The van der Waals surface area contributed by atoms with Crippen molar-refractivity contribution in [3.63, 3.8) is 0 Å². The number of carbonyl (C=O) groups excluding carboxylic acids is 2. The predicted molar refractivity (Wildman–Crippen MR) is 99.3 cm³/mol. The highest BCUT2D eigenvalue weighted by atomic mass is 32.2. The van der Waals surface area contributed by atoms with E-state index in [0.717, 1.165) is 25.5 Å². The fourth-order valence-electron chi connectivity index (χ4n) is 5.55. The largest absolute Gasteiger partial charge is 0.353 e. The van der Waals surface area contributed by atoms with Crippen LogP contribution in [0, 0.1) is 29.1 Å². The van der Waals surface area contributed by atoms with Crippen molar-refractivity contribution in [3.8, 4) is 6.07 Å². The zero-order chi connectivity index (χ0) is 19.7. The lowest BCUT2D eigenvalue weighted by Gasteiger charge is -2.56. The molecule has 0 aromatic carbocycles. The smallest absolute Gasteiger partial charge is 0.315 e. The molecule has 0 aromatic rings. The SMILES string of the molecule is CS(=O)(=O)CC(NC(=O)NC12CC3CC(CC(C3)C1)C2)C(=O)NCCC#N. The normalized spacial score (nSPS) is 32.4. The molecule has 3 N–H and O–H groups in total. The van der Waals surface area contributed by atoms with Gasteiger partial charge in [0.2, 0.25) is 5.91 Å². The van der Waals surface area contributed by atoms with Crippen LogP contribution in [-0.2, 0) is 14.6 Å². The first-order valence-electron chi connectivity index (χ1n) is 9.59. The zero-order valence-electron chi connectivity index (χ0n) is 15.7. The molecule has 3 amide bonds. The van der Waals surface area contributed by atoms with Crippen LogP contribution in [0.4, 0.5) is 4.79 Å². The highest BCUT2D eigenvalue weighted by Crippen LogP contribution is 2.55. The number of hydrogen-bond acceptors (Lipinski definition) is 5. The van der Waals surface area contributed by atoms with Crippen molar-refractivity contribution in [1.82, 2.24) is 16.0 Å². The topological polar surface area (TPSA) is 128 Å². The molecule has 9 heteroatoms. The van der Waals surface area contributed by atoms with Crippen LogP contribution in [-0.4, -0.2) is 50.5 Å². The van der Waals surface area contributed by atoms with Gasteiger partial charge >= 0.3 is 6.03 Å². The Morgan fingerprint density at radius 3 is 2.19 bits per heavy atom. The molecular formula is C18H28N4O4S. The number of nitriles is 1. The Morgan fingerprint density at radius 2 is 1.70 bits per heavy atom. The molecule has 4 saturated carbocycles. The Kier molecular flexibility index (Phi) is 5.65. The molecule has 27 heavy (non-hydrogen) atoms. The third-order valence-electron chi connectivity index (χ3n) is 6.04. The van der Waals surface area contributed by atoms with E-state index in [2.05, 4.69) is 16.0 Å². The van der Waals surface area contributed by atoms with Gasteiger partial charge in [-0.25, -0.2) is 13.2 Å². The van der Waals surface area contributed by atoms with E-state index in [4.69, 9.17) is 5.26 Å². The number of carbonyl (C=O) groups is 2. The molecule has 4 aliphatic rings. The monoisotopic (exact) mass is 396 g/mol. The number of amides is 3. The summed E-state index contributed by atoms with van der Waals surface area (Å²) >= 11 is 0. The van der Waals surface area contributed by atoms with Crippen molar-refractivity contribution < 1.29 is 18.0 Å². The molecule has 0 heterocycles. The average Bonchev–Trinajstić information content (AvgIpc) is 2.51. The third kappa shape index (κ3) is 5.12. The minimum absolute atomic E-state index is 0.119. The Labute approximate surface area is 160 Å². The molecule has 4 rings (SSSR count). The van der Waals surface area contributed by atoms with Crippen molar-refractivity contribution in [2.75, 3.05) is 18.6 Å². The molecule has 1 unspecified atom stereocenters. The highest BCUT2D eigenvalue weighted by molar-refractivity contribution is 7.90. The molecule has 4 aliphatic carbocycles. The maximum absolute atomic E-state index is 12.6. The second-order valence-corrected chi connectivity index (χ2v) is 10.8. The second-order valence-electron chi connectivity index (χ2n) is 8.64. The quantitative estimate of drug-likeness (QED) is 0.546. The number of nitrogens with zero attached hydrogens (tertiary/aromatic N) is 1. The van der Waals surface area contributed by atoms with Crippen molar-refractivity contribution in [1.29, 1.82) is 5.26 Å². The first-order valence-corrected chi connectivity index (χ1v) is 11.7. The van der Waals surface area contributed by atoms with E-state index in [1.54, 1.807) is 0 Å². The van der Waals surface area contributed by atoms with Gasteiger partial charge in [-0.2, -0.15) is 5.26 Å². The maximum Gasteiger partial charge on any atom is 0.315 e. The summed E-state index contributed by atoms with van der Waals surface area (Å²) in [6.45, 7) is 0.119. The van der Waals surface area contributed by atoms with Crippen LogP contribution in [0.25, 0.3) is 0 Å². The second kappa shape index (κ2) is 7.66. The summed E-state index contributed by atoms with van der Waals surface area (Å²) in [5.74, 6) is 0.934. The Balaban J connectivity index is 1.62. The van der Waals surface area contributed by atoms with Crippen molar-refractivity contribution in [2.24, 2.45) is 17.8 Å². The lowest BCUT2D eigenvalue weighted by atomic mass is 9.53. The lowest BCUT2D eigenvalue weighted by Crippen LogP contribution is -2.63. The van der Waals surface area contributed by atoms with Gasteiger partial charge in [-0.3, -0.25) is 4.79 Å². The molecule has 0 aliphatic heterocycles. The van der Waals surface area contributed by atoms with Gasteiger partial charge in [-0.05, 0) is 56.3 Å². The lowest BCUT2D eigenvalue weighted by molar-refractivity contribution is -0.122. The van der Waals surface area contributed by atoms with Gasteiger partial charge in [-0.1, -0.05) is 0 Å². The van der Waals surface area contributed by atoms with Gasteiger partial charge in [0.15, 0.2) is 0 Å². The molecule has 8 nitrogen and oxygen atoms in total. The fraction of sp³-hybridized carbons (Fsp3) is 0.833. The van der Waals surface area contributed by atoms with Crippen LogP contribution in [0.3, 0.4) is 0 Å². The van der Waals surface area contributed by atoms with Gasteiger partial charge in [-0.15, -0.1) is 0 Å². The molecule has 0 aromatic heterocycles. The molecule has 4 fully saturated rings. The summed E-state index contributed by atoms with van der Waals surface area (Å²) in [5, 5.41) is 16.7. The zero-order valence-corrected chi connectivity index (χ0v) is 16.5. The summed E-state index contributed by atoms with van der Waals surface area (Å²) in [4.78, 5) is 24.9. The van der Waals surface area contributed by atoms with Crippen LogP contribution in [0.15, 0.2) is 0 Å². The number of nitrogens with one attached hydrogen (secondary N) is 3. The predicted octanol–water partition coefficient (Wildman–Crippen LogP) is 0.697. The standard InChI is InChI=1S/C18H28N4O4S/c1-27(25,26)11-15(16(23)20-4-2-3-19)21-17(24)22-18-8-12-5-13(9-18)7-14(6-12)10-18/h12-15H,2,4-11H2,1H3,(H,20,23)(H2,21,22,24). The van der Waals surface area contributed by atoms with Gasteiger partial charge in [0.05, 0.1) is 18.2 Å². The number of rotatable bonds is 7. The Morgan fingerprint density at radius 1 is 1.15 bits per heavy atom. The average molecular weight is 397 g/mol. The van der Waals surface area contributed by atoms with E-state index in [9.17, 15) is 18.0 Å². The van der Waals surface area contributed by atoms with Gasteiger partial charge in [0.25, 0.3) is 0 Å². The van der Waals surface area contributed by atoms with Gasteiger partial charge < -0.3 is 16.0 Å². The fourth-order valence-corrected chi connectivity index (χ4v) is 6.39. The van der Waals surface area contributed by atoms with E-state index >= 15 is 0 Å². The molecule has 4 bridgehead atoms. The summed E-state index contributed by atoms with van der Waals surface area (Å²) < 4.78 is 23.3. The van der Waals surface area contributed by atoms with Crippen molar-refractivity contribution >= 4 is 21.8 Å². The number of hydrogen-bond donors (Lipinski definition) is 3. The third-order valence-corrected chi connectivity index (χ3v) is 6.98. The van der Waals surface area contributed by atoms with E-state index in [-0.39, 0.29) is 18.5 Å². The molecular weight excluding hydrogens is 368 g/mol. The highest BCUT2D eigenvalue weighted by Gasteiger charge is 2.51. The molecule has 150 valence electrons. The first-order chi connectivity index (χ1) is 12.7. The van der Waals surface area contributed by atoms with Crippen LogP contribution in [0.1, 0.15) is 44.9 Å². The minimum Gasteiger partial charge on any atom is -0.353 e. The number of urea groups is 1. The van der Waals surface area contributed by atoms with Gasteiger partial charge in [0.1, 0.15) is 15.9 Å². The number of sulfone groups is 1. The van der Waals surface area contributed by atoms with Crippen LogP contribution < -0.4 is 16.0 Å². The van der Waals surface area contributed by atoms with E-state index in [0.29, 0.717) is 17.8 Å². The summed E-state index contributed by atoms with van der Waals surface area (Å²) in [6, 6.07) is 0.245. The molecule has 1 atom stereocenters. The molecule has 0 saturated heterocycles. The van der Waals surface area contributed by atoms with Crippen molar-refractivity contribution in [3.05, 3.63) is 0 Å². The van der Waals surface area contributed by atoms with Crippen LogP contribution in [0.2, 0.25) is 0 Å². The summed E-state index contributed by atoms with van der Waals surface area (Å²) in [5.41, 5.74) is -0.217. The van der Waals surface area contributed by atoms with E-state index in [1.807, 2.05) is 6.07 Å². The summed E-state index contributed by atoms with van der Waals surface area (Å²) in [6.07, 6.45) is 7.81. The van der Waals surface area contributed by atoms with E-state index in [1.165, 1.54) is 19.3 Å². The van der Waals surface area contributed by atoms with Gasteiger partial charge in [0, 0.05) is 18.3 Å². The Bertz CT molecular complexity index is 708.